The normalized spacial score (nSPS) is 15.7. The number of hydrogen-bond acceptors (Lipinski definition) is 6. The van der Waals surface area contributed by atoms with E-state index in [0.717, 1.165) is 11.1 Å². The van der Waals surface area contributed by atoms with E-state index in [-0.39, 0.29) is 17.2 Å². The van der Waals surface area contributed by atoms with E-state index in [0.29, 0.717) is 26.3 Å². The molecule has 1 aliphatic rings. The number of sulfone groups is 1. The fourth-order valence-corrected chi connectivity index (χ4v) is 4.73. The Kier molecular flexibility index (Phi) is 6.39. The molecular weight excluding hydrogens is 396 g/mol. The molecule has 1 atom stereocenters. The van der Waals surface area contributed by atoms with Crippen LogP contribution in [0.1, 0.15) is 22.1 Å². The summed E-state index contributed by atoms with van der Waals surface area (Å²) >= 11 is 0. The van der Waals surface area contributed by atoms with E-state index in [1.165, 1.54) is 17.2 Å². The van der Waals surface area contributed by atoms with E-state index >= 15 is 0 Å². The highest BCUT2D eigenvalue weighted by molar-refractivity contribution is 7.91. The van der Waals surface area contributed by atoms with Gasteiger partial charge >= 0.3 is 11.8 Å². The second-order valence-corrected chi connectivity index (χ2v) is 9.04. The van der Waals surface area contributed by atoms with Crippen LogP contribution >= 0.6 is 0 Å². The van der Waals surface area contributed by atoms with Crippen LogP contribution in [0.2, 0.25) is 0 Å². The first-order valence-corrected chi connectivity index (χ1v) is 10.8. The zero-order valence-electron chi connectivity index (χ0n) is 16.4. The highest BCUT2D eigenvalue weighted by Crippen LogP contribution is 2.30. The molecule has 2 heterocycles. The molecule has 1 saturated heterocycles. The maximum absolute atomic E-state index is 13.3. The summed E-state index contributed by atoms with van der Waals surface area (Å²) < 4.78 is 37.0. The number of nitrogens with zero attached hydrogens (tertiary/aromatic N) is 1. The molecule has 0 aliphatic carbocycles. The minimum absolute atomic E-state index is 0.135. The van der Waals surface area contributed by atoms with Gasteiger partial charge in [-0.3, -0.25) is 9.59 Å². The van der Waals surface area contributed by atoms with Crippen molar-refractivity contribution in [3.8, 4) is 0 Å². The molecule has 1 fully saturated rings. The standard InChI is InChI=1S/C20H24N2O6S/c1-14-5-6-16(12-15(14)2)29(25,26)18(17-4-3-9-28-17)13-21-19(23)20(24)22-7-10-27-11-8-22/h3-6,9,12,18H,7-8,10-11,13H2,1-2H3,(H,21,23)/t18-/m0/s1. The van der Waals surface area contributed by atoms with Gasteiger partial charge in [0, 0.05) is 19.6 Å². The van der Waals surface area contributed by atoms with E-state index in [2.05, 4.69) is 5.32 Å². The zero-order valence-corrected chi connectivity index (χ0v) is 17.2. The minimum atomic E-state index is -3.86. The molecule has 0 unspecified atom stereocenters. The number of nitrogens with one attached hydrogen (secondary N) is 1. The number of aryl methyl sites for hydroxylation is 2. The highest BCUT2D eigenvalue weighted by atomic mass is 32.2. The van der Waals surface area contributed by atoms with E-state index < -0.39 is 26.9 Å². The first kappa shape index (κ1) is 21.1. The van der Waals surface area contributed by atoms with Crippen LogP contribution in [-0.4, -0.2) is 58.0 Å². The Bertz CT molecular complexity index is 978. The smallest absolute Gasteiger partial charge is 0.312 e. The van der Waals surface area contributed by atoms with Crippen molar-refractivity contribution in [1.29, 1.82) is 0 Å². The summed E-state index contributed by atoms with van der Waals surface area (Å²) in [4.78, 5) is 26.1. The Morgan fingerprint density at radius 3 is 2.48 bits per heavy atom. The molecule has 1 N–H and O–H groups in total. The molecule has 0 radical (unpaired) electrons. The molecule has 156 valence electrons. The van der Waals surface area contributed by atoms with Crippen LogP contribution < -0.4 is 5.32 Å². The van der Waals surface area contributed by atoms with Crippen LogP contribution in [0.25, 0.3) is 0 Å². The van der Waals surface area contributed by atoms with Crippen molar-refractivity contribution in [2.45, 2.75) is 24.0 Å². The fourth-order valence-electron chi connectivity index (χ4n) is 3.06. The van der Waals surface area contributed by atoms with E-state index in [4.69, 9.17) is 9.15 Å². The third-order valence-electron chi connectivity index (χ3n) is 4.98. The molecule has 29 heavy (non-hydrogen) atoms. The van der Waals surface area contributed by atoms with Gasteiger partial charge in [0.05, 0.1) is 24.4 Å². The van der Waals surface area contributed by atoms with Crippen molar-refractivity contribution in [2.75, 3.05) is 32.8 Å². The average Bonchev–Trinajstić information content (AvgIpc) is 3.24. The predicted octanol–water partition coefficient (Wildman–Crippen LogP) is 1.39. The second-order valence-electron chi connectivity index (χ2n) is 6.91. The van der Waals surface area contributed by atoms with Gasteiger partial charge in [-0.15, -0.1) is 0 Å². The molecule has 0 bridgehead atoms. The number of furan rings is 1. The van der Waals surface area contributed by atoms with Crippen molar-refractivity contribution < 1.29 is 27.2 Å². The maximum Gasteiger partial charge on any atom is 0.312 e. The Morgan fingerprint density at radius 2 is 1.86 bits per heavy atom. The third-order valence-corrected chi connectivity index (χ3v) is 7.04. The first-order valence-electron chi connectivity index (χ1n) is 9.30. The van der Waals surface area contributed by atoms with Gasteiger partial charge in [-0.2, -0.15) is 0 Å². The lowest BCUT2D eigenvalue weighted by atomic mass is 10.1. The number of ether oxygens (including phenoxy) is 1. The monoisotopic (exact) mass is 420 g/mol. The Hall–Kier alpha value is -2.65. The number of carbonyl (C=O) groups excluding carboxylic acids is 2. The van der Waals surface area contributed by atoms with Gasteiger partial charge in [-0.1, -0.05) is 6.07 Å². The van der Waals surface area contributed by atoms with Crippen molar-refractivity contribution >= 4 is 21.7 Å². The molecule has 2 amide bonds. The van der Waals surface area contributed by atoms with Crippen molar-refractivity contribution in [3.63, 3.8) is 0 Å². The summed E-state index contributed by atoms with van der Waals surface area (Å²) in [5.74, 6) is -1.35. The Morgan fingerprint density at radius 1 is 1.14 bits per heavy atom. The fraction of sp³-hybridized carbons (Fsp3) is 0.400. The van der Waals surface area contributed by atoms with Gasteiger partial charge < -0.3 is 19.4 Å². The molecule has 8 nitrogen and oxygen atoms in total. The third kappa shape index (κ3) is 4.68. The number of benzene rings is 1. The molecule has 9 heteroatoms. The maximum atomic E-state index is 13.3. The van der Waals surface area contributed by atoms with E-state index in [1.807, 2.05) is 13.8 Å². The predicted molar refractivity (Wildman–Crippen MR) is 105 cm³/mol. The van der Waals surface area contributed by atoms with Gasteiger partial charge in [0.15, 0.2) is 9.84 Å². The highest BCUT2D eigenvalue weighted by Gasteiger charge is 2.33. The van der Waals surface area contributed by atoms with Crippen LogP contribution in [-0.2, 0) is 24.2 Å². The van der Waals surface area contributed by atoms with Crippen LogP contribution in [0.5, 0.6) is 0 Å². The SMILES string of the molecule is Cc1ccc(S(=O)(=O)[C@@H](CNC(=O)C(=O)N2CCOCC2)c2ccco2)cc1C. The summed E-state index contributed by atoms with van der Waals surface area (Å²) in [7, 11) is -3.86. The minimum Gasteiger partial charge on any atom is -0.468 e. The summed E-state index contributed by atoms with van der Waals surface area (Å²) in [6, 6.07) is 8.00. The Labute approximate surface area is 169 Å². The first-order chi connectivity index (χ1) is 13.8. The van der Waals surface area contributed by atoms with E-state index in [9.17, 15) is 18.0 Å². The van der Waals surface area contributed by atoms with Crippen LogP contribution in [0.15, 0.2) is 45.9 Å². The second kappa shape index (κ2) is 8.79. The number of carbonyl (C=O) groups is 2. The molecule has 1 aliphatic heterocycles. The van der Waals surface area contributed by atoms with Crippen molar-refractivity contribution in [1.82, 2.24) is 10.2 Å². The lowest BCUT2D eigenvalue weighted by Crippen LogP contribution is -2.48. The quantitative estimate of drug-likeness (QED) is 0.733. The largest absolute Gasteiger partial charge is 0.468 e. The van der Waals surface area contributed by atoms with Gasteiger partial charge in [-0.05, 0) is 49.2 Å². The number of morpholine rings is 1. The van der Waals surface area contributed by atoms with Gasteiger partial charge in [0.25, 0.3) is 0 Å². The van der Waals surface area contributed by atoms with Crippen molar-refractivity contribution in [3.05, 3.63) is 53.5 Å². The van der Waals surface area contributed by atoms with Gasteiger partial charge in [-0.25, -0.2) is 8.42 Å². The van der Waals surface area contributed by atoms with Crippen LogP contribution in [0.3, 0.4) is 0 Å². The molecule has 1 aromatic heterocycles. The topological polar surface area (TPSA) is 106 Å². The van der Waals surface area contributed by atoms with Gasteiger partial charge in [0.1, 0.15) is 11.0 Å². The molecule has 1 aromatic carbocycles. The summed E-state index contributed by atoms with van der Waals surface area (Å²) in [5, 5.41) is 1.31. The molecule has 0 saturated carbocycles. The number of amides is 2. The Balaban J connectivity index is 1.80. The molecular formula is C20H24N2O6S. The van der Waals surface area contributed by atoms with Gasteiger partial charge in [0.2, 0.25) is 0 Å². The van der Waals surface area contributed by atoms with Crippen molar-refractivity contribution in [2.24, 2.45) is 0 Å². The summed E-state index contributed by atoms with van der Waals surface area (Å²) in [6.45, 7) is 4.85. The lowest BCUT2D eigenvalue weighted by Gasteiger charge is -2.26. The number of hydrogen-bond donors (Lipinski definition) is 1. The average molecular weight is 420 g/mol. The zero-order chi connectivity index (χ0) is 21.0. The molecule has 3 rings (SSSR count). The number of rotatable bonds is 5. The summed E-state index contributed by atoms with van der Waals surface area (Å²) in [5.41, 5.74) is 1.82. The molecule has 2 aromatic rings. The van der Waals surface area contributed by atoms with Crippen LogP contribution in [0, 0.1) is 13.8 Å². The van der Waals surface area contributed by atoms with E-state index in [1.54, 1.807) is 24.3 Å². The summed E-state index contributed by atoms with van der Waals surface area (Å²) in [6.07, 6.45) is 1.37. The lowest BCUT2D eigenvalue weighted by molar-refractivity contribution is -0.148. The van der Waals surface area contributed by atoms with Crippen LogP contribution in [0.4, 0.5) is 0 Å². The molecule has 0 spiro atoms.